The van der Waals surface area contributed by atoms with Crippen LogP contribution >= 0.6 is 23.2 Å². The minimum atomic E-state index is -0.396. The number of fused-ring (bicyclic) bond motifs is 3. The quantitative estimate of drug-likeness (QED) is 0.525. The highest BCUT2D eigenvalue weighted by Crippen LogP contribution is 2.50. The van der Waals surface area contributed by atoms with Crippen LogP contribution in [0.5, 0.6) is 5.75 Å². The van der Waals surface area contributed by atoms with E-state index >= 15 is 0 Å². The van der Waals surface area contributed by atoms with Gasteiger partial charge in [-0.25, -0.2) is 5.01 Å². The summed E-state index contributed by atoms with van der Waals surface area (Å²) >= 11 is 12.8. The number of pyridine rings is 1. The third-order valence-electron chi connectivity index (χ3n) is 5.16. The summed E-state index contributed by atoms with van der Waals surface area (Å²) < 4.78 is 6.31. The minimum Gasteiger partial charge on any atom is -0.463 e. The molecule has 0 saturated carbocycles. The summed E-state index contributed by atoms with van der Waals surface area (Å²) in [5, 5.41) is 8.05. The first-order chi connectivity index (χ1) is 13.6. The lowest BCUT2D eigenvalue weighted by atomic mass is 9.95. The maximum Gasteiger partial charge on any atom is 0.215 e. The number of nitrogens with zero attached hydrogens (tertiary/aromatic N) is 3. The van der Waals surface area contributed by atoms with E-state index in [4.69, 9.17) is 33.0 Å². The van der Waals surface area contributed by atoms with Gasteiger partial charge in [-0.1, -0.05) is 59.1 Å². The SMILES string of the molecule is Cc1ccc(C2=NN3C(C2)c2cc(Cl)cc(Cl)c2OC3c2cccnc2)cc1. The molecule has 2 aromatic carbocycles. The molecule has 0 fully saturated rings. The molecule has 0 saturated heterocycles. The first kappa shape index (κ1) is 17.5. The number of hydrogen-bond donors (Lipinski definition) is 0. The number of aromatic nitrogens is 1. The van der Waals surface area contributed by atoms with Crippen molar-refractivity contribution in [3.8, 4) is 5.75 Å². The number of hydrazone groups is 1. The Labute approximate surface area is 173 Å². The van der Waals surface area contributed by atoms with E-state index in [9.17, 15) is 0 Å². The van der Waals surface area contributed by atoms with Crippen LogP contribution in [0.4, 0.5) is 0 Å². The number of halogens is 2. The minimum absolute atomic E-state index is 0.00135. The van der Waals surface area contributed by atoms with E-state index < -0.39 is 6.23 Å². The Kier molecular flexibility index (Phi) is 4.26. The van der Waals surface area contributed by atoms with Gasteiger partial charge in [0, 0.05) is 35.0 Å². The summed E-state index contributed by atoms with van der Waals surface area (Å²) in [6, 6.07) is 16.0. The lowest BCUT2D eigenvalue weighted by Gasteiger charge is -2.38. The van der Waals surface area contributed by atoms with Crippen LogP contribution in [0.25, 0.3) is 0 Å². The Morgan fingerprint density at radius 3 is 2.68 bits per heavy atom. The van der Waals surface area contributed by atoms with Crippen LogP contribution in [0.2, 0.25) is 10.0 Å². The molecular weight excluding hydrogens is 393 g/mol. The van der Waals surface area contributed by atoms with E-state index in [0.717, 1.165) is 28.8 Å². The Morgan fingerprint density at radius 2 is 1.93 bits per heavy atom. The van der Waals surface area contributed by atoms with E-state index in [1.165, 1.54) is 5.56 Å². The van der Waals surface area contributed by atoms with Gasteiger partial charge in [0.1, 0.15) is 5.75 Å². The highest BCUT2D eigenvalue weighted by atomic mass is 35.5. The normalized spacial score (nSPS) is 20.2. The highest BCUT2D eigenvalue weighted by molar-refractivity contribution is 6.35. The largest absolute Gasteiger partial charge is 0.463 e. The molecule has 2 atom stereocenters. The van der Waals surface area contributed by atoms with E-state index in [1.54, 1.807) is 18.5 Å². The fraction of sp³-hybridized carbons (Fsp3) is 0.182. The zero-order valence-corrected chi connectivity index (χ0v) is 16.7. The molecule has 2 aliphatic rings. The second kappa shape index (κ2) is 6.80. The molecular formula is C22H17Cl2N3O. The second-order valence-corrected chi connectivity index (χ2v) is 7.92. The molecule has 3 aromatic rings. The molecule has 0 N–H and O–H groups in total. The van der Waals surface area contributed by atoms with Crippen molar-refractivity contribution in [2.45, 2.75) is 25.6 Å². The van der Waals surface area contributed by atoms with Gasteiger partial charge in [0.2, 0.25) is 6.23 Å². The smallest absolute Gasteiger partial charge is 0.215 e. The van der Waals surface area contributed by atoms with Crippen LogP contribution in [-0.4, -0.2) is 15.7 Å². The standard InChI is InChI=1S/C22H17Cl2N3O/c1-13-4-6-14(7-5-13)19-11-20-17-9-16(23)10-18(24)21(17)28-22(27(20)26-19)15-3-2-8-25-12-15/h2-10,12,20,22H,11H2,1H3. The van der Waals surface area contributed by atoms with E-state index in [2.05, 4.69) is 36.2 Å². The summed E-state index contributed by atoms with van der Waals surface area (Å²) in [4.78, 5) is 4.24. The van der Waals surface area contributed by atoms with Crippen LogP contribution in [0.3, 0.4) is 0 Å². The number of hydrogen-bond acceptors (Lipinski definition) is 4. The van der Waals surface area contributed by atoms with E-state index in [1.807, 2.05) is 23.2 Å². The van der Waals surface area contributed by atoms with Gasteiger partial charge in [0.25, 0.3) is 0 Å². The maximum atomic E-state index is 6.48. The average molecular weight is 410 g/mol. The molecule has 1 aromatic heterocycles. The lowest BCUT2D eigenvalue weighted by Crippen LogP contribution is -2.33. The maximum absolute atomic E-state index is 6.48. The Morgan fingerprint density at radius 1 is 1.11 bits per heavy atom. The summed E-state index contributed by atoms with van der Waals surface area (Å²) in [6.45, 7) is 2.08. The number of rotatable bonds is 2. The fourth-order valence-electron chi connectivity index (χ4n) is 3.78. The van der Waals surface area contributed by atoms with Crippen molar-refractivity contribution >= 4 is 28.9 Å². The summed E-state index contributed by atoms with van der Waals surface area (Å²) in [5.41, 5.74) is 5.24. The zero-order valence-electron chi connectivity index (χ0n) is 15.1. The van der Waals surface area contributed by atoms with Crippen molar-refractivity contribution in [2.75, 3.05) is 0 Å². The van der Waals surface area contributed by atoms with Gasteiger partial charge in [-0.3, -0.25) is 4.98 Å². The van der Waals surface area contributed by atoms with Crippen molar-refractivity contribution in [2.24, 2.45) is 5.10 Å². The Balaban J connectivity index is 1.63. The molecule has 0 amide bonds. The van der Waals surface area contributed by atoms with Gasteiger partial charge in [-0.2, -0.15) is 5.10 Å². The Hall–Kier alpha value is -2.56. The van der Waals surface area contributed by atoms with Gasteiger partial charge in [0.05, 0.1) is 16.8 Å². The van der Waals surface area contributed by atoms with Crippen molar-refractivity contribution < 1.29 is 4.74 Å². The number of benzene rings is 2. The third-order valence-corrected chi connectivity index (χ3v) is 5.66. The number of aryl methyl sites for hydroxylation is 1. The molecule has 0 radical (unpaired) electrons. The van der Waals surface area contributed by atoms with Crippen LogP contribution < -0.4 is 4.74 Å². The van der Waals surface area contributed by atoms with Crippen LogP contribution in [0.15, 0.2) is 66.0 Å². The molecule has 6 heteroatoms. The molecule has 0 bridgehead atoms. The van der Waals surface area contributed by atoms with Crippen LogP contribution in [0, 0.1) is 6.92 Å². The van der Waals surface area contributed by atoms with Gasteiger partial charge in [0.15, 0.2) is 0 Å². The lowest BCUT2D eigenvalue weighted by molar-refractivity contribution is -0.0191. The molecule has 140 valence electrons. The predicted molar refractivity (Wildman–Crippen MR) is 111 cm³/mol. The third kappa shape index (κ3) is 2.93. The predicted octanol–water partition coefficient (Wildman–Crippen LogP) is 5.94. The Bertz CT molecular complexity index is 1070. The van der Waals surface area contributed by atoms with Gasteiger partial charge in [-0.15, -0.1) is 0 Å². The molecule has 2 aliphatic heterocycles. The van der Waals surface area contributed by atoms with Crippen molar-refractivity contribution in [3.63, 3.8) is 0 Å². The fourth-order valence-corrected chi connectivity index (χ4v) is 4.33. The van der Waals surface area contributed by atoms with Crippen LogP contribution in [-0.2, 0) is 0 Å². The van der Waals surface area contributed by atoms with Gasteiger partial charge >= 0.3 is 0 Å². The van der Waals surface area contributed by atoms with Crippen LogP contribution in [0.1, 0.15) is 40.9 Å². The molecule has 2 unspecified atom stereocenters. The summed E-state index contributed by atoms with van der Waals surface area (Å²) in [6.07, 6.45) is 3.91. The zero-order chi connectivity index (χ0) is 19.3. The summed E-state index contributed by atoms with van der Waals surface area (Å²) in [7, 11) is 0. The molecule has 28 heavy (non-hydrogen) atoms. The molecule has 0 spiro atoms. The first-order valence-corrected chi connectivity index (χ1v) is 9.84. The van der Waals surface area contributed by atoms with E-state index in [-0.39, 0.29) is 6.04 Å². The molecule has 3 heterocycles. The van der Waals surface area contributed by atoms with Crippen molar-refractivity contribution in [1.82, 2.24) is 9.99 Å². The van der Waals surface area contributed by atoms with Gasteiger partial charge in [-0.05, 0) is 30.7 Å². The monoisotopic (exact) mass is 409 g/mol. The average Bonchev–Trinajstić information content (AvgIpc) is 3.14. The molecule has 5 rings (SSSR count). The summed E-state index contributed by atoms with van der Waals surface area (Å²) in [5.74, 6) is 0.668. The van der Waals surface area contributed by atoms with Crippen molar-refractivity contribution in [3.05, 3.63) is 93.2 Å². The van der Waals surface area contributed by atoms with Crippen molar-refractivity contribution in [1.29, 1.82) is 0 Å². The van der Waals surface area contributed by atoms with E-state index in [0.29, 0.717) is 15.8 Å². The van der Waals surface area contributed by atoms with Gasteiger partial charge < -0.3 is 4.74 Å². The molecule has 4 nitrogen and oxygen atoms in total. The second-order valence-electron chi connectivity index (χ2n) is 7.08. The first-order valence-electron chi connectivity index (χ1n) is 9.08. The topological polar surface area (TPSA) is 37.7 Å². The highest BCUT2D eigenvalue weighted by Gasteiger charge is 2.42. The number of ether oxygens (including phenoxy) is 1. The molecule has 0 aliphatic carbocycles.